The van der Waals surface area contributed by atoms with E-state index < -0.39 is 79.5 Å². The van der Waals surface area contributed by atoms with E-state index in [0.29, 0.717) is 0 Å². The van der Waals surface area contributed by atoms with Gasteiger partial charge in [0.1, 0.15) is 18.2 Å². The van der Waals surface area contributed by atoms with Gasteiger partial charge in [-0.05, 0) is 41.5 Å². The van der Waals surface area contributed by atoms with Gasteiger partial charge in [-0.3, -0.25) is 28.5 Å². The van der Waals surface area contributed by atoms with Crippen LogP contribution >= 0.6 is 7.67 Å². The molecule has 0 aliphatic carbocycles. The Bertz CT molecular complexity index is 1070. The van der Waals surface area contributed by atoms with E-state index in [2.05, 4.69) is 15.2 Å². The second-order valence-electron chi connectivity index (χ2n) is 9.45. The zero-order valence-corrected chi connectivity index (χ0v) is 22.9. The van der Waals surface area contributed by atoms with Crippen LogP contribution in [0.15, 0.2) is 21.9 Å². The summed E-state index contributed by atoms with van der Waals surface area (Å²) in [7, 11) is -4.11. The van der Waals surface area contributed by atoms with Crippen LogP contribution in [0.1, 0.15) is 54.7 Å². The van der Waals surface area contributed by atoms with E-state index in [1.54, 1.807) is 34.6 Å². The summed E-state index contributed by atoms with van der Waals surface area (Å²) >= 11 is 0. The molecule has 15 heteroatoms. The van der Waals surface area contributed by atoms with Crippen LogP contribution in [0.2, 0.25) is 0 Å². The van der Waals surface area contributed by atoms with E-state index in [1.165, 1.54) is 20.0 Å². The minimum atomic E-state index is -4.11. The summed E-state index contributed by atoms with van der Waals surface area (Å²) in [6.45, 7) is 10.8. The predicted molar refractivity (Wildman–Crippen MR) is 132 cm³/mol. The third-order valence-electron chi connectivity index (χ3n) is 5.42. The molecule has 0 bridgehead atoms. The molecule has 2 rings (SSSR count). The number of nitrogens with zero attached hydrogens (tertiary/aromatic N) is 1. The van der Waals surface area contributed by atoms with Crippen LogP contribution < -0.4 is 21.4 Å². The summed E-state index contributed by atoms with van der Waals surface area (Å²) in [5, 5.41) is 15.8. The number of esters is 2. The van der Waals surface area contributed by atoms with Crippen molar-refractivity contribution in [3.8, 4) is 0 Å². The first-order chi connectivity index (χ1) is 17.1. The average molecular weight is 549 g/mol. The van der Waals surface area contributed by atoms with Gasteiger partial charge in [0, 0.05) is 18.2 Å². The zero-order valence-electron chi connectivity index (χ0n) is 22.0. The molecule has 14 nitrogen and oxygen atoms in total. The van der Waals surface area contributed by atoms with Crippen molar-refractivity contribution in [2.24, 2.45) is 5.92 Å². The Balaban J connectivity index is 2.20. The molecule has 210 valence electrons. The molecule has 2 heterocycles. The number of hydrogen-bond acceptors (Lipinski definition) is 10. The van der Waals surface area contributed by atoms with E-state index in [4.69, 9.17) is 18.7 Å². The van der Waals surface area contributed by atoms with Crippen LogP contribution in [0.25, 0.3) is 0 Å². The molecule has 2 unspecified atom stereocenters. The lowest BCUT2D eigenvalue weighted by Crippen LogP contribution is -2.43. The fourth-order valence-corrected chi connectivity index (χ4v) is 5.30. The molecule has 0 spiro atoms. The van der Waals surface area contributed by atoms with Crippen molar-refractivity contribution >= 4 is 19.6 Å². The molecule has 0 aromatic carbocycles. The molecule has 0 amide bonds. The van der Waals surface area contributed by atoms with Crippen molar-refractivity contribution in [1.29, 1.82) is 0 Å². The fourth-order valence-electron chi connectivity index (χ4n) is 3.49. The monoisotopic (exact) mass is 548 g/mol. The van der Waals surface area contributed by atoms with Gasteiger partial charge in [0.25, 0.3) is 5.56 Å². The second-order valence-corrected chi connectivity index (χ2v) is 11.3. The lowest BCUT2D eigenvalue weighted by molar-refractivity contribution is -0.149. The van der Waals surface area contributed by atoms with Crippen LogP contribution in [0.3, 0.4) is 0 Å². The number of nitrogens with one attached hydrogen (secondary N) is 3. The van der Waals surface area contributed by atoms with E-state index in [9.17, 15) is 28.8 Å². The number of hydrogen-bond donors (Lipinski definition) is 4. The van der Waals surface area contributed by atoms with Gasteiger partial charge in [-0.15, -0.1) is 0 Å². The number of H-pyrrole nitrogens is 1. The summed E-state index contributed by atoms with van der Waals surface area (Å²) in [6, 6.07) is -1.04. The van der Waals surface area contributed by atoms with Crippen molar-refractivity contribution in [3.05, 3.63) is 33.1 Å². The van der Waals surface area contributed by atoms with Gasteiger partial charge in [0.05, 0.1) is 24.9 Å². The maximum Gasteiger partial charge on any atom is 0.342 e. The number of ether oxygens (including phenoxy) is 3. The molecule has 0 radical (unpaired) electrons. The Morgan fingerprint density at radius 1 is 1.08 bits per heavy atom. The van der Waals surface area contributed by atoms with Gasteiger partial charge in [-0.25, -0.2) is 15.0 Å². The Morgan fingerprint density at radius 3 is 2.05 bits per heavy atom. The molecule has 1 aromatic heterocycles. The molecule has 1 aliphatic heterocycles. The number of carbonyl (C=O) groups excluding carboxylic acids is 2. The molecule has 1 fully saturated rings. The topological polar surface area (TPSA) is 187 Å². The van der Waals surface area contributed by atoms with E-state index in [-0.39, 0.29) is 6.61 Å². The first kappa shape index (κ1) is 30.9. The maximum atomic E-state index is 13.7. The SMILES string of the molecule is CC(C)OC(=O)C(C)NP(=O)(NC(C)C(=O)OC(C)C)OC[C@H]1O[C@@H](n2ccc(=O)[nH]c2=O)[C@H](O)[C@@H]1C. The van der Waals surface area contributed by atoms with Crippen LogP contribution in [0.5, 0.6) is 0 Å². The minimum absolute atomic E-state index is 0.345. The molecule has 1 saturated heterocycles. The van der Waals surface area contributed by atoms with Gasteiger partial charge < -0.3 is 23.8 Å². The molecule has 0 saturated carbocycles. The van der Waals surface area contributed by atoms with Gasteiger partial charge in [0.2, 0.25) is 0 Å². The number of carbonyl (C=O) groups is 2. The largest absolute Gasteiger partial charge is 0.462 e. The van der Waals surface area contributed by atoms with Crippen LogP contribution in [0.4, 0.5) is 0 Å². The quantitative estimate of drug-likeness (QED) is 0.208. The number of aromatic amines is 1. The van der Waals surface area contributed by atoms with Crippen LogP contribution in [-0.2, 0) is 32.9 Å². The molecule has 6 atom stereocenters. The lowest BCUT2D eigenvalue weighted by Gasteiger charge is -2.28. The highest BCUT2D eigenvalue weighted by Gasteiger charge is 2.44. The molecule has 1 aliphatic rings. The van der Waals surface area contributed by atoms with E-state index in [1.807, 2.05) is 0 Å². The maximum absolute atomic E-state index is 13.7. The summed E-state index contributed by atoms with van der Waals surface area (Å²) in [5.41, 5.74) is -1.37. The van der Waals surface area contributed by atoms with Crippen molar-refractivity contribution < 1.29 is 38.0 Å². The predicted octanol–water partition coefficient (Wildman–Crippen LogP) is 0.415. The van der Waals surface area contributed by atoms with Crippen molar-refractivity contribution in [2.45, 2.75) is 91.2 Å². The number of rotatable bonds is 12. The average Bonchev–Trinajstić information content (AvgIpc) is 3.05. The summed E-state index contributed by atoms with van der Waals surface area (Å²) in [6.07, 6.45) is -2.75. The molecule has 4 N–H and O–H groups in total. The van der Waals surface area contributed by atoms with Crippen molar-refractivity contribution in [1.82, 2.24) is 19.7 Å². The highest BCUT2D eigenvalue weighted by atomic mass is 31.2. The number of aromatic nitrogens is 2. The minimum Gasteiger partial charge on any atom is -0.462 e. The Kier molecular flexibility index (Phi) is 10.8. The number of aliphatic hydroxyl groups excluding tert-OH is 1. The Labute approximate surface area is 214 Å². The third-order valence-corrected chi connectivity index (χ3v) is 7.38. The highest BCUT2D eigenvalue weighted by molar-refractivity contribution is 7.54. The van der Waals surface area contributed by atoms with Crippen LogP contribution in [-0.4, -0.2) is 69.7 Å². The van der Waals surface area contributed by atoms with Gasteiger partial charge in [0.15, 0.2) is 6.23 Å². The highest BCUT2D eigenvalue weighted by Crippen LogP contribution is 2.42. The number of aliphatic hydroxyl groups is 1. The summed E-state index contributed by atoms with van der Waals surface area (Å²) < 4.78 is 36.5. The van der Waals surface area contributed by atoms with Gasteiger partial charge in [-0.1, -0.05) is 6.92 Å². The zero-order chi connectivity index (χ0) is 28.1. The standard InChI is InChI=1S/C22H37N4O10P/c1-11(2)34-20(29)14(6)24-37(32,25-15(7)21(30)35-12(3)4)33-10-16-13(5)18(28)19(36-16)26-9-8-17(27)23-22(26)31/h8-9,11-16,18-19,28H,10H2,1-7H3,(H,23,27,31)(H2,24,25,32)/t13-,14?,15?,16-,18-,19-,37?/m1/s1. The smallest absolute Gasteiger partial charge is 0.342 e. The molecular weight excluding hydrogens is 511 g/mol. The summed E-state index contributed by atoms with van der Waals surface area (Å²) in [5.74, 6) is -1.95. The lowest BCUT2D eigenvalue weighted by atomic mass is 10.0. The van der Waals surface area contributed by atoms with E-state index in [0.717, 1.165) is 10.6 Å². The van der Waals surface area contributed by atoms with Gasteiger partial charge >= 0.3 is 25.3 Å². The Hall–Kier alpha value is -2.35. The van der Waals surface area contributed by atoms with Gasteiger partial charge in [-0.2, -0.15) is 0 Å². The first-order valence-electron chi connectivity index (χ1n) is 12.0. The third kappa shape index (κ3) is 8.59. The van der Waals surface area contributed by atoms with Crippen molar-refractivity contribution in [2.75, 3.05) is 6.61 Å². The second kappa shape index (κ2) is 12.9. The van der Waals surface area contributed by atoms with Crippen molar-refractivity contribution in [3.63, 3.8) is 0 Å². The van der Waals surface area contributed by atoms with E-state index >= 15 is 0 Å². The molecule has 37 heavy (non-hydrogen) atoms. The van der Waals surface area contributed by atoms with Crippen LogP contribution in [0, 0.1) is 5.92 Å². The normalized spacial score (nSPS) is 25.0. The molecular formula is C22H37N4O10P. The summed E-state index contributed by atoms with van der Waals surface area (Å²) in [4.78, 5) is 50.2. The fraction of sp³-hybridized carbons (Fsp3) is 0.727. The Morgan fingerprint density at radius 2 is 1.59 bits per heavy atom. The first-order valence-corrected chi connectivity index (χ1v) is 13.6. The molecule has 1 aromatic rings.